The van der Waals surface area contributed by atoms with Crippen LogP contribution in [0.15, 0.2) is 12.2 Å². The Morgan fingerprint density at radius 2 is 1.14 bits per heavy atom. The van der Waals surface area contributed by atoms with E-state index >= 15 is 0 Å². The number of esters is 1. The highest BCUT2D eigenvalue weighted by atomic mass is 16.5. The standard InChI is InChI=1S/C30H57NO4/c1-5-6-7-8-9-10-11-12-13-14-15-16-17-18-19-20-21-22-23-24-25-30(34)35-28(26-29(32)33)27-31(2,3)4/h17-18,28H,5-16,19-27H2,1-4H3/b18-17+. The SMILES string of the molecule is CCCCCCCCCCCCC/C=C/CCCCCCCC(=O)OC(CC(=O)[O-])C[N+](C)(C)C. The maximum absolute atomic E-state index is 12.1. The first-order chi connectivity index (χ1) is 16.7. The smallest absolute Gasteiger partial charge is 0.306 e. The summed E-state index contributed by atoms with van der Waals surface area (Å²) in [6.07, 6.45) is 27.2. The number of carbonyl (C=O) groups is 2. The van der Waals surface area contributed by atoms with Gasteiger partial charge < -0.3 is 19.1 Å². The van der Waals surface area contributed by atoms with Crippen LogP contribution >= 0.6 is 0 Å². The van der Waals surface area contributed by atoms with E-state index in [0.717, 1.165) is 25.7 Å². The molecule has 0 amide bonds. The van der Waals surface area contributed by atoms with Crippen molar-refractivity contribution in [3.05, 3.63) is 12.2 Å². The van der Waals surface area contributed by atoms with E-state index in [0.29, 0.717) is 17.4 Å². The number of carboxylic acids is 1. The van der Waals surface area contributed by atoms with Crippen LogP contribution in [0.25, 0.3) is 0 Å². The van der Waals surface area contributed by atoms with Gasteiger partial charge in [-0.2, -0.15) is 0 Å². The van der Waals surface area contributed by atoms with Crippen LogP contribution in [0.2, 0.25) is 0 Å². The van der Waals surface area contributed by atoms with Gasteiger partial charge in [0.1, 0.15) is 6.54 Å². The first-order valence-electron chi connectivity index (χ1n) is 14.6. The lowest BCUT2D eigenvalue weighted by molar-refractivity contribution is -0.873. The fraction of sp³-hybridized carbons (Fsp3) is 0.867. The third kappa shape index (κ3) is 27.1. The number of hydrogen-bond acceptors (Lipinski definition) is 4. The van der Waals surface area contributed by atoms with Crippen molar-refractivity contribution < 1.29 is 23.9 Å². The van der Waals surface area contributed by atoms with Gasteiger partial charge in [0.2, 0.25) is 0 Å². The zero-order valence-corrected chi connectivity index (χ0v) is 23.7. The molecule has 0 aliphatic rings. The highest BCUT2D eigenvalue weighted by Gasteiger charge is 2.22. The van der Waals surface area contributed by atoms with E-state index in [1.54, 1.807) is 0 Å². The number of likely N-dealkylation sites (N-methyl/N-ethyl adjacent to an activating group) is 1. The molecular weight excluding hydrogens is 438 g/mol. The minimum Gasteiger partial charge on any atom is -0.550 e. The lowest BCUT2D eigenvalue weighted by Gasteiger charge is -2.29. The molecule has 0 N–H and O–H groups in total. The average molecular weight is 496 g/mol. The van der Waals surface area contributed by atoms with Gasteiger partial charge in [0.25, 0.3) is 0 Å². The zero-order chi connectivity index (χ0) is 26.2. The molecule has 5 heteroatoms. The van der Waals surface area contributed by atoms with Crippen molar-refractivity contribution >= 4 is 11.9 Å². The molecule has 0 heterocycles. The normalized spacial score (nSPS) is 12.8. The van der Waals surface area contributed by atoms with Crippen LogP contribution in [0.3, 0.4) is 0 Å². The molecule has 5 nitrogen and oxygen atoms in total. The lowest BCUT2D eigenvalue weighted by Crippen LogP contribution is -2.45. The number of unbranched alkanes of at least 4 members (excludes halogenated alkanes) is 16. The number of carbonyl (C=O) groups excluding carboxylic acids is 2. The minimum absolute atomic E-state index is 0.242. The number of hydrogen-bond donors (Lipinski definition) is 0. The summed E-state index contributed by atoms with van der Waals surface area (Å²) in [6.45, 7) is 2.74. The van der Waals surface area contributed by atoms with Gasteiger partial charge in [-0.3, -0.25) is 4.79 Å². The maximum Gasteiger partial charge on any atom is 0.306 e. The molecule has 206 valence electrons. The number of aliphatic carboxylic acids is 1. The van der Waals surface area contributed by atoms with Crippen molar-refractivity contribution in [2.75, 3.05) is 27.7 Å². The average Bonchev–Trinajstić information content (AvgIpc) is 2.76. The molecule has 0 aliphatic carbocycles. The Morgan fingerprint density at radius 3 is 1.57 bits per heavy atom. The lowest BCUT2D eigenvalue weighted by atomic mass is 10.0. The quantitative estimate of drug-likeness (QED) is 0.0609. The second kappa shape index (κ2) is 23.1. The summed E-state index contributed by atoms with van der Waals surface area (Å²) in [6, 6.07) is 0. The molecule has 0 aromatic heterocycles. The molecule has 1 atom stereocenters. The molecule has 0 fully saturated rings. The third-order valence-corrected chi connectivity index (χ3v) is 6.34. The van der Waals surface area contributed by atoms with Crippen LogP contribution in [0.5, 0.6) is 0 Å². The van der Waals surface area contributed by atoms with Gasteiger partial charge in [0.15, 0.2) is 6.10 Å². The number of ether oxygens (including phenoxy) is 1. The molecule has 0 radical (unpaired) electrons. The highest BCUT2D eigenvalue weighted by Crippen LogP contribution is 2.13. The van der Waals surface area contributed by atoms with Crippen LogP contribution in [-0.2, 0) is 14.3 Å². The number of allylic oxidation sites excluding steroid dienone is 2. The summed E-state index contributed by atoms with van der Waals surface area (Å²) in [7, 11) is 5.85. The molecule has 0 saturated heterocycles. The van der Waals surface area contributed by atoms with Gasteiger partial charge in [0.05, 0.1) is 21.1 Å². The molecule has 1 unspecified atom stereocenters. The van der Waals surface area contributed by atoms with Gasteiger partial charge in [-0.05, 0) is 32.1 Å². The van der Waals surface area contributed by atoms with E-state index in [2.05, 4.69) is 19.1 Å². The van der Waals surface area contributed by atoms with Crippen LogP contribution in [0, 0.1) is 0 Å². The maximum atomic E-state index is 12.1. The van der Waals surface area contributed by atoms with Crippen LogP contribution in [0.4, 0.5) is 0 Å². The van der Waals surface area contributed by atoms with E-state index in [1.807, 2.05) is 21.1 Å². The number of carboxylic acid groups (broad SMARTS) is 1. The monoisotopic (exact) mass is 495 g/mol. The second-order valence-corrected chi connectivity index (χ2v) is 11.3. The molecule has 0 aromatic carbocycles. The predicted molar refractivity (Wildman–Crippen MR) is 145 cm³/mol. The minimum atomic E-state index is -1.18. The van der Waals surface area contributed by atoms with E-state index < -0.39 is 12.1 Å². The number of rotatable bonds is 25. The topological polar surface area (TPSA) is 66.4 Å². The van der Waals surface area contributed by atoms with E-state index in [4.69, 9.17) is 4.74 Å². The summed E-state index contributed by atoms with van der Waals surface area (Å²) in [5.41, 5.74) is 0. The molecule has 0 saturated carbocycles. The fourth-order valence-corrected chi connectivity index (χ4v) is 4.41. The van der Waals surface area contributed by atoms with Crippen molar-refractivity contribution in [3.8, 4) is 0 Å². The van der Waals surface area contributed by atoms with Gasteiger partial charge in [0, 0.05) is 18.8 Å². The number of nitrogens with zero attached hydrogens (tertiary/aromatic N) is 1. The summed E-state index contributed by atoms with van der Waals surface area (Å²) >= 11 is 0. The van der Waals surface area contributed by atoms with Crippen LogP contribution in [0.1, 0.15) is 135 Å². The first-order valence-corrected chi connectivity index (χ1v) is 14.6. The summed E-state index contributed by atoms with van der Waals surface area (Å²) in [5, 5.41) is 10.9. The van der Waals surface area contributed by atoms with Crippen molar-refractivity contribution in [2.45, 2.75) is 141 Å². The molecule has 0 aliphatic heterocycles. The van der Waals surface area contributed by atoms with E-state index in [1.165, 1.54) is 89.9 Å². The Hall–Kier alpha value is -1.36. The third-order valence-electron chi connectivity index (χ3n) is 6.34. The summed E-state index contributed by atoms with van der Waals surface area (Å²) in [4.78, 5) is 23.0. The van der Waals surface area contributed by atoms with Crippen LogP contribution < -0.4 is 5.11 Å². The van der Waals surface area contributed by atoms with Gasteiger partial charge in [-0.25, -0.2) is 0 Å². The second-order valence-electron chi connectivity index (χ2n) is 11.3. The number of quaternary nitrogens is 1. The first kappa shape index (κ1) is 33.6. The predicted octanol–water partition coefficient (Wildman–Crippen LogP) is 6.73. The summed E-state index contributed by atoms with van der Waals surface area (Å²) < 4.78 is 5.93. The Balaban J connectivity index is 3.52. The molecule has 0 aromatic rings. The Bertz CT molecular complexity index is 539. The van der Waals surface area contributed by atoms with E-state index in [9.17, 15) is 14.7 Å². The Morgan fingerprint density at radius 1 is 0.714 bits per heavy atom. The van der Waals surface area contributed by atoms with Gasteiger partial charge >= 0.3 is 5.97 Å². The summed E-state index contributed by atoms with van der Waals surface area (Å²) in [5.74, 6) is -1.47. The molecule has 0 spiro atoms. The molecule has 0 bridgehead atoms. The van der Waals surface area contributed by atoms with Crippen molar-refractivity contribution in [1.29, 1.82) is 0 Å². The fourth-order valence-electron chi connectivity index (χ4n) is 4.41. The highest BCUT2D eigenvalue weighted by molar-refractivity contribution is 5.70. The Labute approximate surface area is 217 Å². The molecule has 0 rings (SSSR count). The van der Waals surface area contributed by atoms with Crippen LogP contribution in [-0.4, -0.2) is 50.2 Å². The largest absolute Gasteiger partial charge is 0.550 e. The molecule has 35 heavy (non-hydrogen) atoms. The van der Waals surface area contributed by atoms with E-state index in [-0.39, 0.29) is 12.4 Å². The van der Waals surface area contributed by atoms with Gasteiger partial charge in [-0.1, -0.05) is 103 Å². The molecular formula is C30H57NO4. The van der Waals surface area contributed by atoms with Crippen molar-refractivity contribution in [3.63, 3.8) is 0 Å². The van der Waals surface area contributed by atoms with Crippen molar-refractivity contribution in [1.82, 2.24) is 0 Å². The Kier molecular flexibility index (Phi) is 22.2. The van der Waals surface area contributed by atoms with Gasteiger partial charge in [-0.15, -0.1) is 0 Å². The van der Waals surface area contributed by atoms with Crippen molar-refractivity contribution in [2.24, 2.45) is 0 Å². The zero-order valence-electron chi connectivity index (χ0n) is 23.7.